The molecule has 0 radical (unpaired) electrons. The zero-order valence-corrected chi connectivity index (χ0v) is 12.0. The first-order valence-corrected chi connectivity index (χ1v) is 7.87. The second-order valence-corrected chi connectivity index (χ2v) is 6.72. The average Bonchev–Trinajstić information content (AvgIpc) is 2.39. The summed E-state index contributed by atoms with van der Waals surface area (Å²) < 4.78 is 39.6. The van der Waals surface area contributed by atoms with E-state index in [1.807, 2.05) is 0 Å². The van der Waals surface area contributed by atoms with E-state index in [1.165, 1.54) is 29.4 Å². The summed E-state index contributed by atoms with van der Waals surface area (Å²) in [7, 11) is -3.80. The number of halogens is 1. The highest BCUT2D eigenvalue weighted by Crippen LogP contribution is 2.22. The van der Waals surface area contributed by atoms with E-state index in [0.717, 1.165) is 6.07 Å². The van der Waals surface area contributed by atoms with Crippen molar-refractivity contribution >= 4 is 15.9 Å². The molecule has 1 aromatic carbocycles. The van der Waals surface area contributed by atoms with Gasteiger partial charge < -0.3 is 5.32 Å². The molecule has 0 bridgehead atoms. The van der Waals surface area contributed by atoms with Crippen LogP contribution in [0.25, 0.3) is 0 Å². The topological polar surface area (TPSA) is 66.5 Å². The minimum absolute atomic E-state index is 0.0143. The molecular weight excluding hydrogens is 283 g/mol. The number of carbonyl (C=O) groups excluding carboxylic acids is 1. The van der Waals surface area contributed by atoms with Crippen molar-refractivity contribution in [3.8, 4) is 0 Å². The highest BCUT2D eigenvalue weighted by Gasteiger charge is 2.31. The SMILES string of the molecule is CC(=O)NC1CCN(S(=O)(=O)c2ccccc2F)CC1. The number of hydrogen-bond donors (Lipinski definition) is 1. The Hall–Kier alpha value is -1.47. The number of sulfonamides is 1. The second kappa shape index (κ2) is 5.88. The molecule has 1 N–H and O–H groups in total. The zero-order valence-electron chi connectivity index (χ0n) is 11.2. The van der Waals surface area contributed by atoms with Gasteiger partial charge in [0, 0.05) is 26.1 Å². The van der Waals surface area contributed by atoms with Crippen molar-refractivity contribution in [2.45, 2.75) is 30.7 Å². The first kappa shape index (κ1) is 14.9. The summed E-state index contributed by atoms with van der Waals surface area (Å²) in [6.07, 6.45) is 1.07. The number of amides is 1. The van der Waals surface area contributed by atoms with Crippen LogP contribution < -0.4 is 5.32 Å². The predicted octanol–water partition coefficient (Wildman–Crippen LogP) is 1.11. The van der Waals surface area contributed by atoms with Crippen LogP contribution in [0.1, 0.15) is 19.8 Å². The van der Waals surface area contributed by atoms with Crippen LogP contribution >= 0.6 is 0 Å². The fraction of sp³-hybridized carbons (Fsp3) is 0.462. The number of rotatable bonds is 3. The fourth-order valence-electron chi connectivity index (χ4n) is 2.32. The number of benzene rings is 1. The summed E-state index contributed by atoms with van der Waals surface area (Å²) in [5, 5.41) is 2.77. The molecule has 1 heterocycles. The molecule has 0 saturated carbocycles. The number of piperidine rings is 1. The molecule has 0 atom stereocenters. The van der Waals surface area contributed by atoms with Crippen molar-refractivity contribution in [2.75, 3.05) is 13.1 Å². The highest BCUT2D eigenvalue weighted by atomic mass is 32.2. The summed E-state index contributed by atoms with van der Waals surface area (Å²) >= 11 is 0. The Labute approximate surface area is 117 Å². The number of nitrogens with one attached hydrogen (secondary N) is 1. The molecule has 7 heteroatoms. The van der Waals surface area contributed by atoms with Gasteiger partial charge in [0.25, 0.3) is 0 Å². The van der Waals surface area contributed by atoms with Gasteiger partial charge in [0.2, 0.25) is 15.9 Å². The third-order valence-corrected chi connectivity index (χ3v) is 5.25. The molecule has 1 aromatic rings. The van der Waals surface area contributed by atoms with Crippen LogP contribution in [0.15, 0.2) is 29.2 Å². The summed E-state index contributed by atoms with van der Waals surface area (Å²) in [6.45, 7) is 1.99. The quantitative estimate of drug-likeness (QED) is 0.909. The van der Waals surface area contributed by atoms with Crippen molar-refractivity contribution in [1.82, 2.24) is 9.62 Å². The standard InChI is InChI=1S/C13H17FN2O3S/c1-10(17)15-11-6-8-16(9-7-11)20(18,19)13-5-3-2-4-12(13)14/h2-5,11H,6-9H2,1H3,(H,15,17). The molecule has 1 aliphatic rings. The van der Waals surface area contributed by atoms with Crippen LogP contribution in [0.2, 0.25) is 0 Å². The lowest BCUT2D eigenvalue weighted by molar-refractivity contribution is -0.119. The van der Waals surface area contributed by atoms with Gasteiger partial charge in [-0.15, -0.1) is 0 Å². The number of carbonyl (C=O) groups is 1. The molecule has 1 saturated heterocycles. The van der Waals surface area contributed by atoms with E-state index in [4.69, 9.17) is 0 Å². The monoisotopic (exact) mass is 300 g/mol. The predicted molar refractivity (Wildman–Crippen MR) is 72.0 cm³/mol. The largest absolute Gasteiger partial charge is 0.354 e. The van der Waals surface area contributed by atoms with Crippen LogP contribution in [0, 0.1) is 5.82 Å². The van der Waals surface area contributed by atoms with Crippen LogP contribution in [0.3, 0.4) is 0 Å². The van der Waals surface area contributed by atoms with Crippen LogP contribution in [0.4, 0.5) is 4.39 Å². The smallest absolute Gasteiger partial charge is 0.245 e. The molecule has 2 rings (SSSR count). The van der Waals surface area contributed by atoms with Crippen molar-refractivity contribution in [3.05, 3.63) is 30.1 Å². The van der Waals surface area contributed by atoms with Gasteiger partial charge in [-0.05, 0) is 25.0 Å². The highest BCUT2D eigenvalue weighted by molar-refractivity contribution is 7.89. The van der Waals surface area contributed by atoms with Gasteiger partial charge in [-0.3, -0.25) is 4.79 Å². The van der Waals surface area contributed by atoms with E-state index in [1.54, 1.807) is 0 Å². The molecule has 0 unspecified atom stereocenters. The minimum atomic E-state index is -3.80. The summed E-state index contributed by atoms with van der Waals surface area (Å²) in [5.74, 6) is -0.864. The molecule has 0 aliphatic carbocycles. The van der Waals surface area contributed by atoms with E-state index < -0.39 is 15.8 Å². The van der Waals surface area contributed by atoms with Crippen LogP contribution in [0.5, 0.6) is 0 Å². The fourth-order valence-corrected chi connectivity index (χ4v) is 3.86. The zero-order chi connectivity index (χ0) is 14.8. The molecule has 0 aromatic heterocycles. The Morgan fingerprint density at radius 2 is 1.90 bits per heavy atom. The molecule has 20 heavy (non-hydrogen) atoms. The third-order valence-electron chi connectivity index (χ3n) is 3.32. The lowest BCUT2D eigenvalue weighted by Crippen LogP contribution is -2.46. The van der Waals surface area contributed by atoms with E-state index in [2.05, 4.69) is 5.32 Å². The van der Waals surface area contributed by atoms with Gasteiger partial charge in [-0.2, -0.15) is 4.31 Å². The molecule has 110 valence electrons. The maximum atomic E-state index is 13.6. The van der Waals surface area contributed by atoms with Gasteiger partial charge in [-0.1, -0.05) is 12.1 Å². The van der Waals surface area contributed by atoms with Crippen molar-refractivity contribution in [1.29, 1.82) is 0 Å². The Bertz CT molecular complexity index is 595. The van der Waals surface area contributed by atoms with Crippen molar-refractivity contribution < 1.29 is 17.6 Å². The number of hydrogen-bond acceptors (Lipinski definition) is 3. The van der Waals surface area contributed by atoms with Gasteiger partial charge in [-0.25, -0.2) is 12.8 Å². The van der Waals surface area contributed by atoms with Crippen LogP contribution in [-0.2, 0) is 14.8 Å². The normalized spacial score (nSPS) is 17.9. The first-order valence-electron chi connectivity index (χ1n) is 6.43. The molecular formula is C13H17FN2O3S. The molecule has 1 amide bonds. The molecule has 5 nitrogen and oxygen atoms in total. The first-order chi connectivity index (χ1) is 9.41. The Balaban J connectivity index is 2.10. The lowest BCUT2D eigenvalue weighted by atomic mass is 10.1. The minimum Gasteiger partial charge on any atom is -0.354 e. The Morgan fingerprint density at radius 3 is 2.45 bits per heavy atom. The van der Waals surface area contributed by atoms with Crippen molar-refractivity contribution in [2.24, 2.45) is 0 Å². The van der Waals surface area contributed by atoms with Gasteiger partial charge in [0.05, 0.1) is 0 Å². The molecule has 1 fully saturated rings. The van der Waals surface area contributed by atoms with Gasteiger partial charge >= 0.3 is 0 Å². The summed E-state index contributed by atoms with van der Waals surface area (Å²) in [4.78, 5) is 10.7. The van der Waals surface area contributed by atoms with E-state index in [-0.39, 0.29) is 29.9 Å². The number of nitrogens with zero attached hydrogens (tertiary/aromatic N) is 1. The summed E-state index contributed by atoms with van der Waals surface area (Å²) in [6, 6.07) is 5.35. The van der Waals surface area contributed by atoms with Gasteiger partial charge in [0.15, 0.2) is 0 Å². The molecule has 1 aliphatic heterocycles. The Morgan fingerprint density at radius 1 is 1.30 bits per heavy atom. The lowest BCUT2D eigenvalue weighted by Gasteiger charge is -2.31. The van der Waals surface area contributed by atoms with E-state index in [9.17, 15) is 17.6 Å². The van der Waals surface area contributed by atoms with E-state index in [0.29, 0.717) is 12.8 Å². The maximum absolute atomic E-state index is 13.6. The van der Waals surface area contributed by atoms with E-state index >= 15 is 0 Å². The second-order valence-electron chi connectivity index (χ2n) is 4.81. The maximum Gasteiger partial charge on any atom is 0.245 e. The van der Waals surface area contributed by atoms with Crippen LogP contribution in [-0.4, -0.2) is 37.8 Å². The van der Waals surface area contributed by atoms with Crippen molar-refractivity contribution in [3.63, 3.8) is 0 Å². The third kappa shape index (κ3) is 3.16. The average molecular weight is 300 g/mol. The Kier molecular flexibility index (Phi) is 4.39. The molecule has 0 spiro atoms. The van der Waals surface area contributed by atoms with Gasteiger partial charge in [0.1, 0.15) is 10.7 Å². The summed E-state index contributed by atoms with van der Waals surface area (Å²) in [5.41, 5.74) is 0.